The molecule has 0 spiro atoms. The van der Waals surface area contributed by atoms with Gasteiger partial charge >= 0.3 is 5.97 Å². The van der Waals surface area contributed by atoms with E-state index in [1.807, 2.05) is 62.8 Å². The van der Waals surface area contributed by atoms with E-state index in [4.69, 9.17) is 4.74 Å². The van der Waals surface area contributed by atoms with Crippen molar-refractivity contribution >= 4 is 5.97 Å². The fraction of sp³-hybridized carbons (Fsp3) is 0.316. The molecule has 2 aromatic heterocycles. The lowest BCUT2D eigenvalue weighted by Gasteiger charge is -2.15. The summed E-state index contributed by atoms with van der Waals surface area (Å²) in [5.74, 6) is -0.510. The van der Waals surface area contributed by atoms with Crippen molar-refractivity contribution in [2.24, 2.45) is 20.0 Å². The molecule has 0 N–H and O–H groups in total. The van der Waals surface area contributed by atoms with Gasteiger partial charge in [-0.1, -0.05) is 30.3 Å². The van der Waals surface area contributed by atoms with Crippen molar-refractivity contribution in [2.45, 2.75) is 19.4 Å². The van der Waals surface area contributed by atoms with Crippen molar-refractivity contribution in [3.8, 4) is 0 Å². The van der Waals surface area contributed by atoms with E-state index in [0.29, 0.717) is 12.8 Å². The standard InChI is InChI=1S/C19H22N4O2/c1-22-11-9-17(21-22)12-16(13-18-8-10-20-23(18)2)19(24)25-14-15-6-4-3-5-7-15/h3-11,16H,12-14H2,1-2H3. The molecule has 0 radical (unpaired) electrons. The summed E-state index contributed by atoms with van der Waals surface area (Å²) in [6, 6.07) is 13.6. The van der Waals surface area contributed by atoms with Gasteiger partial charge in [-0.05, 0) is 17.7 Å². The Kier molecular flexibility index (Phi) is 5.28. The average molecular weight is 338 g/mol. The predicted molar refractivity (Wildman–Crippen MR) is 93.6 cm³/mol. The lowest BCUT2D eigenvalue weighted by Crippen LogP contribution is -2.23. The number of esters is 1. The number of rotatable bonds is 7. The summed E-state index contributed by atoms with van der Waals surface area (Å²) in [5.41, 5.74) is 2.86. The summed E-state index contributed by atoms with van der Waals surface area (Å²) in [6.07, 6.45) is 4.73. The summed E-state index contributed by atoms with van der Waals surface area (Å²) in [5, 5.41) is 8.57. The fourth-order valence-corrected chi connectivity index (χ4v) is 2.76. The number of nitrogens with zero attached hydrogens (tertiary/aromatic N) is 4. The molecule has 0 saturated carbocycles. The predicted octanol–water partition coefficient (Wildman–Crippen LogP) is 2.30. The smallest absolute Gasteiger partial charge is 0.310 e. The van der Waals surface area contributed by atoms with Crippen molar-refractivity contribution in [2.75, 3.05) is 0 Å². The van der Waals surface area contributed by atoms with Crippen LogP contribution in [0, 0.1) is 5.92 Å². The van der Waals surface area contributed by atoms with Crippen LogP contribution in [0.25, 0.3) is 0 Å². The van der Waals surface area contributed by atoms with Gasteiger partial charge in [-0.15, -0.1) is 0 Å². The Labute approximate surface area is 147 Å². The maximum atomic E-state index is 12.7. The third-order valence-electron chi connectivity index (χ3n) is 4.16. The van der Waals surface area contributed by atoms with Gasteiger partial charge in [0.2, 0.25) is 0 Å². The molecule has 6 nitrogen and oxygen atoms in total. The fourth-order valence-electron chi connectivity index (χ4n) is 2.76. The zero-order valence-electron chi connectivity index (χ0n) is 14.5. The largest absolute Gasteiger partial charge is 0.461 e. The Morgan fingerprint density at radius 2 is 1.92 bits per heavy atom. The molecule has 0 saturated heterocycles. The quantitative estimate of drug-likeness (QED) is 0.620. The van der Waals surface area contributed by atoms with Crippen molar-refractivity contribution in [1.29, 1.82) is 0 Å². The molecule has 3 aromatic rings. The van der Waals surface area contributed by atoms with Crippen LogP contribution in [0.15, 0.2) is 54.9 Å². The number of carbonyl (C=O) groups excluding carboxylic acids is 1. The number of carbonyl (C=O) groups is 1. The molecule has 25 heavy (non-hydrogen) atoms. The van der Waals surface area contributed by atoms with Crippen LogP contribution in [0.4, 0.5) is 0 Å². The van der Waals surface area contributed by atoms with E-state index in [2.05, 4.69) is 10.2 Å². The Morgan fingerprint density at radius 3 is 2.56 bits per heavy atom. The van der Waals surface area contributed by atoms with E-state index in [-0.39, 0.29) is 18.5 Å². The zero-order valence-corrected chi connectivity index (χ0v) is 14.5. The van der Waals surface area contributed by atoms with Gasteiger partial charge in [0, 0.05) is 45.0 Å². The number of benzene rings is 1. The molecular weight excluding hydrogens is 316 g/mol. The highest BCUT2D eigenvalue weighted by Gasteiger charge is 2.23. The van der Waals surface area contributed by atoms with Gasteiger partial charge < -0.3 is 4.74 Å². The molecule has 3 rings (SSSR count). The first kappa shape index (κ1) is 17.0. The summed E-state index contributed by atoms with van der Waals surface area (Å²) in [7, 11) is 3.75. The van der Waals surface area contributed by atoms with E-state index < -0.39 is 0 Å². The molecule has 1 unspecified atom stereocenters. The molecule has 1 atom stereocenters. The number of hydrogen-bond acceptors (Lipinski definition) is 4. The Hall–Kier alpha value is -2.89. The molecule has 0 fully saturated rings. The van der Waals surface area contributed by atoms with Crippen molar-refractivity contribution in [3.05, 3.63) is 71.8 Å². The van der Waals surface area contributed by atoms with Crippen molar-refractivity contribution < 1.29 is 9.53 Å². The Balaban J connectivity index is 1.70. The minimum absolute atomic E-state index is 0.212. The SMILES string of the molecule is Cn1ccc(CC(Cc2ccnn2C)C(=O)OCc2ccccc2)n1. The van der Waals surface area contributed by atoms with Crippen LogP contribution >= 0.6 is 0 Å². The van der Waals surface area contributed by atoms with Crippen molar-refractivity contribution in [1.82, 2.24) is 19.6 Å². The first-order chi connectivity index (χ1) is 12.1. The van der Waals surface area contributed by atoms with Gasteiger partial charge in [0.15, 0.2) is 0 Å². The van der Waals surface area contributed by atoms with Gasteiger partial charge in [-0.25, -0.2) is 0 Å². The number of hydrogen-bond donors (Lipinski definition) is 0. The second kappa shape index (κ2) is 7.79. The molecular formula is C19H22N4O2. The molecule has 0 amide bonds. The summed E-state index contributed by atoms with van der Waals surface area (Å²) in [4.78, 5) is 12.7. The molecule has 0 aliphatic heterocycles. The summed E-state index contributed by atoms with van der Waals surface area (Å²) >= 11 is 0. The molecule has 1 aromatic carbocycles. The van der Waals surface area contributed by atoms with Gasteiger partial charge in [0.05, 0.1) is 11.6 Å². The van der Waals surface area contributed by atoms with E-state index in [0.717, 1.165) is 17.0 Å². The second-order valence-corrected chi connectivity index (χ2v) is 6.13. The highest BCUT2D eigenvalue weighted by Crippen LogP contribution is 2.16. The van der Waals surface area contributed by atoms with Gasteiger partial charge in [-0.2, -0.15) is 10.2 Å². The minimum atomic E-state index is -0.297. The van der Waals surface area contributed by atoms with E-state index >= 15 is 0 Å². The van der Waals surface area contributed by atoms with Crippen molar-refractivity contribution in [3.63, 3.8) is 0 Å². The lowest BCUT2D eigenvalue weighted by atomic mass is 9.97. The highest BCUT2D eigenvalue weighted by atomic mass is 16.5. The molecule has 2 heterocycles. The minimum Gasteiger partial charge on any atom is -0.461 e. The Morgan fingerprint density at radius 1 is 1.12 bits per heavy atom. The number of ether oxygens (including phenoxy) is 1. The molecule has 6 heteroatoms. The maximum Gasteiger partial charge on any atom is 0.310 e. The first-order valence-corrected chi connectivity index (χ1v) is 8.28. The van der Waals surface area contributed by atoms with Gasteiger partial charge in [-0.3, -0.25) is 14.2 Å². The van der Waals surface area contributed by atoms with Crippen LogP contribution in [0.3, 0.4) is 0 Å². The van der Waals surface area contributed by atoms with Crippen LogP contribution < -0.4 is 0 Å². The third kappa shape index (κ3) is 4.56. The molecule has 0 aliphatic rings. The highest BCUT2D eigenvalue weighted by molar-refractivity contribution is 5.73. The van der Waals surface area contributed by atoms with E-state index in [9.17, 15) is 4.79 Å². The maximum absolute atomic E-state index is 12.7. The normalized spacial score (nSPS) is 12.1. The van der Waals surface area contributed by atoms with E-state index in [1.165, 1.54) is 0 Å². The average Bonchev–Trinajstić information content (AvgIpc) is 3.21. The van der Waals surface area contributed by atoms with Crippen LogP contribution in [0.1, 0.15) is 17.0 Å². The molecule has 130 valence electrons. The van der Waals surface area contributed by atoms with Gasteiger partial charge in [0.1, 0.15) is 6.61 Å². The Bertz CT molecular complexity index is 823. The first-order valence-electron chi connectivity index (χ1n) is 8.28. The van der Waals surface area contributed by atoms with Gasteiger partial charge in [0.25, 0.3) is 0 Å². The lowest BCUT2D eigenvalue weighted by molar-refractivity contribution is -0.149. The number of aromatic nitrogens is 4. The number of aryl methyl sites for hydroxylation is 2. The second-order valence-electron chi connectivity index (χ2n) is 6.13. The topological polar surface area (TPSA) is 61.9 Å². The zero-order chi connectivity index (χ0) is 17.6. The summed E-state index contributed by atoms with van der Waals surface area (Å²) < 4.78 is 9.08. The summed E-state index contributed by atoms with van der Waals surface area (Å²) in [6.45, 7) is 0.282. The third-order valence-corrected chi connectivity index (χ3v) is 4.16. The molecule has 0 aliphatic carbocycles. The van der Waals surface area contributed by atoms with E-state index in [1.54, 1.807) is 15.6 Å². The van der Waals surface area contributed by atoms with Crippen LogP contribution in [0.5, 0.6) is 0 Å². The van der Waals surface area contributed by atoms with Crippen LogP contribution in [-0.4, -0.2) is 25.5 Å². The molecule has 0 bridgehead atoms. The monoisotopic (exact) mass is 338 g/mol. The van der Waals surface area contributed by atoms with Crippen LogP contribution in [0.2, 0.25) is 0 Å². The van der Waals surface area contributed by atoms with Crippen LogP contribution in [-0.2, 0) is 43.1 Å².